The molecule has 0 saturated carbocycles. The average molecular weight is 174 g/mol. The van der Waals surface area contributed by atoms with E-state index in [1.54, 1.807) is 0 Å². The lowest BCUT2D eigenvalue weighted by Crippen LogP contribution is -1.97. The predicted octanol–water partition coefficient (Wildman–Crippen LogP) is 0.355. The van der Waals surface area contributed by atoms with E-state index in [0.29, 0.717) is 13.1 Å². The number of ether oxygens (including phenoxy) is 3. The first-order chi connectivity index (χ1) is 5.93. The SMILES string of the molecule is C1CCOC1.O=COCC1CO1. The summed E-state index contributed by atoms with van der Waals surface area (Å²) in [6.45, 7) is 3.60. The number of hydrogen-bond donors (Lipinski definition) is 0. The Morgan fingerprint density at radius 3 is 2.42 bits per heavy atom. The summed E-state index contributed by atoms with van der Waals surface area (Å²) in [5, 5.41) is 0. The molecule has 4 heteroatoms. The van der Waals surface area contributed by atoms with E-state index in [-0.39, 0.29) is 6.10 Å². The van der Waals surface area contributed by atoms with Gasteiger partial charge in [0.2, 0.25) is 0 Å². The van der Waals surface area contributed by atoms with Crippen molar-refractivity contribution in [3.63, 3.8) is 0 Å². The highest BCUT2D eigenvalue weighted by molar-refractivity contribution is 5.36. The maximum absolute atomic E-state index is 9.46. The first-order valence-corrected chi connectivity index (χ1v) is 4.18. The molecule has 0 radical (unpaired) electrons. The van der Waals surface area contributed by atoms with Gasteiger partial charge in [0.15, 0.2) is 0 Å². The second kappa shape index (κ2) is 5.97. The molecule has 0 aromatic rings. The molecule has 2 heterocycles. The maximum Gasteiger partial charge on any atom is 0.293 e. The molecule has 0 amide bonds. The van der Waals surface area contributed by atoms with Crippen molar-refractivity contribution in [3.8, 4) is 0 Å². The van der Waals surface area contributed by atoms with Crippen LogP contribution in [0.3, 0.4) is 0 Å². The molecule has 0 aromatic heterocycles. The van der Waals surface area contributed by atoms with Gasteiger partial charge in [0.25, 0.3) is 6.47 Å². The van der Waals surface area contributed by atoms with Crippen molar-refractivity contribution < 1.29 is 19.0 Å². The fourth-order valence-electron chi connectivity index (χ4n) is 0.821. The molecule has 0 aliphatic carbocycles. The molecule has 1 atom stereocenters. The lowest BCUT2D eigenvalue weighted by atomic mass is 10.4. The van der Waals surface area contributed by atoms with E-state index in [1.165, 1.54) is 12.8 Å². The van der Waals surface area contributed by atoms with E-state index in [9.17, 15) is 4.79 Å². The fourth-order valence-corrected chi connectivity index (χ4v) is 0.821. The molecule has 1 unspecified atom stereocenters. The van der Waals surface area contributed by atoms with Gasteiger partial charge in [-0.1, -0.05) is 0 Å². The van der Waals surface area contributed by atoms with Crippen molar-refractivity contribution in [1.82, 2.24) is 0 Å². The molecule has 0 aromatic carbocycles. The molecule has 2 aliphatic heterocycles. The smallest absolute Gasteiger partial charge is 0.293 e. The van der Waals surface area contributed by atoms with Gasteiger partial charge in [0.1, 0.15) is 12.7 Å². The van der Waals surface area contributed by atoms with E-state index in [0.717, 1.165) is 19.8 Å². The van der Waals surface area contributed by atoms with Gasteiger partial charge in [-0.2, -0.15) is 0 Å². The highest BCUT2D eigenvalue weighted by Gasteiger charge is 2.22. The van der Waals surface area contributed by atoms with Crippen LogP contribution in [0.15, 0.2) is 0 Å². The van der Waals surface area contributed by atoms with E-state index in [1.807, 2.05) is 0 Å². The summed E-state index contributed by atoms with van der Waals surface area (Å²) in [6.07, 6.45) is 2.75. The Morgan fingerprint density at radius 2 is 2.08 bits per heavy atom. The Balaban J connectivity index is 0.000000127. The summed E-state index contributed by atoms with van der Waals surface area (Å²) in [4.78, 5) is 9.46. The van der Waals surface area contributed by atoms with Gasteiger partial charge in [-0.15, -0.1) is 0 Å². The number of carbonyl (C=O) groups excluding carboxylic acids is 1. The molecule has 2 rings (SSSR count). The lowest BCUT2D eigenvalue weighted by molar-refractivity contribution is -0.129. The largest absolute Gasteiger partial charge is 0.465 e. The quantitative estimate of drug-likeness (QED) is 0.457. The normalized spacial score (nSPS) is 25.5. The summed E-state index contributed by atoms with van der Waals surface area (Å²) in [7, 11) is 0. The van der Waals surface area contributed by atoms with Gasteiger partial charge in [0, 0.05) is 13.2 Å². The van der Waals surface area contributed by atoms with Gasteiger partial charge >= 0.3 is 0 Å². The molecule has 2 fully saturated rings. The minimum absolute atomic E-state index is 0.199. The Labute approximate surface area is 71.8 Å². The van der Waals surface area contributed by atoms with Crippen molar-refractivity contribution in [2.75, 3.05) is 26.4 Å². The molecule has 12 heavy (non-hydrogen) atoms. The van der Waals surface area contributed by atoms with Gasteiger partial charge in [0.05, 0.1) is 6.61 Å². The van der Waals surface area contributed by atoms with Crippen molar-refractivity contribution in [1.29, 1.82) is 0 Å². The minimum atomic E-state index is 0.199. The molecule has 70 valence electrons. The van der Waals surface area contributed by atoms with Crippen LogP contribution >= 0.6 is 0 Å². The topological polar surface area (TPSA) is 48.1 Å². The van der Waals surface area contributed by atoms with E-state index in [4.69, 9.17) is 9.47 Å². The molecule has 4 nitrogen and oxygen atoms in total. The maximum atomic E-state index is 9.46. The van der Waals surface area contributed by atoms with Crippen LogP contribution in [0.4, 0.5) is 0 Å². The zero-order valence-corrected chi connectivity index (χ0v) is 7.03. The summed E-state index contributed by atoms with van der Waals surface area (Å²) >= 11 is 0. The number of rotatable bonds is 3. The van der Waals surface area contributed by atoms with Crippen molar-refractivity contribution in [3.05, 3.63) is 0 Å². The van der Waals surface area contributed by atoms with Crippen LogP contribution in [0.2, 0.25) is 0 Å². The Bertz CT molecular complexity index is 111. The standard InChI is InChI=1S/C4H6O3.C4H8O/c5-3-6-1-4-2-7-4;1-2-4-5-3-1/h3-4H,1-2H2;1-4H2. The van der Waals surface area contributed by atoms with Crippen molar-refractivity contribution in [2.45, 2.75) is 18.9 Å². The molecule has 2 saturated heterocycles. The zero-order valence-electron chi connectivity index (χ0n) is 7.03. The van der Waals surface area contributed by atoms with Gasteiger partial charge in [-0.05, 0) is 12.8 Å². The van der Waals surface area contributed by atoms with E-state index < -0.39 is 0 Å². The fraction of sp³-hybridized carbons (Fsp3) is 0.875. The van der Waals surface area contributed by atoms with Gasteiger partial charge in [-0.3, -0.25) is 4.79 Å². The van der Waals surface area contributed by atoms with E-state index >= 15 is 0 Å². The first kappa shape index (κ1) is 9.48. The summed E-state index contributed by atoms with van der Waals surface area (Å²) in [5.41, 5.74) is 0. The third kappa shape index (κ3) is 5.09. The summed E-state index contributed by atoms with van der Waals surface area (Å²) in [6, 6.07) is 0. The molecule has 0 bridgehead atoms. The highest BCUT2D eigenvalue weighted by atomic mass is 16.6. The lowest BCUT2D eigenvalue weighted by Gasteiger charge is -1.86. The van der Waals surface area contributed by atoms with Crippen molar-refractivity contribution >= 4 is 6.47 Å². The summed E-state index contributed by atoms with van der Waals surface area (Å²) < 4.78 is 14.0. The van der Waals surface area contributed by atoms with Crippen LogP contribution in [-0.2, 0) is 19.0 Å². The third-order valence-corrected chi connectivity index (χ3v) is 1.58. The zero-order chi connectivity index (χ0) is 8.65. The van der Waals surface area contributed by atoms with E-state index in [2.05, 4.69) is 4.74 Å². The minimum Gasteiger partial charge on any atom is -0.465 e. The van der Waals surface area contributed by atoms with Crippen LogP contribution in [-0.4, -0.2) is 39.0 Å². The van der Waals surface area contributed by atoms with Crippen LogP contribution in [0.25, 0.3) is 0 Å². The number of carbonyl (C=O) groups is 1. The highest BCUT2D eigenvalue weighted by Crippen LogP contribution is 2.07. The third-order valence-electron chi connectivity index (χ3n) is 1.58. The number of hydrogen-bond acceptors (Lipinski definition) is 4. The first-order valence-electron chi connectivity index (χ1n) is 4.18. The monoisotopic (exact) mass is 174 g/mol. The van der Waals surface area contributed by atoms with Crippen LogP contribution in [0, 0.1) is 0 Å². The summed E-state index contributed by atoms with van der Waals surface area (Å²) in [5.74, 6) is 0. The molecular formula is C8H14O4. The van der Waals surface area contributed by atoms with Gasteiger partial charge < -0.3 is 14.2 Å². The van der Waals surface area contributed by atoms with Crippen molar-refractivity contribution in [2.24, 2.45) is 0 Å². The Hall–Kier alpha value is -0.610. The predicted molar refractivity (Wildman–Crippen MR) is 41.8 cm³/mol. The molecular weight excluding hydrogens is 160 g/mol. The van der Waals surface area contributed by atoms with Gasteiger partial charge in [-0.25, -0.2) is 0 Å². The Morgan fingerprint density at radius 1 is 1.42 bits per heavy atom. The average Bonchev–Trinajstić information content (AvgIpc) is 2.71. The molecule has 0 N–H and O–H groups in total. The Kier molecular flexibility index (Phi) is 4.71. The second-order valence-corrected chi connectivity index (χ2v) is 2.70. The second-order valence-electron chi connectivity index (χ2n) is 2.70. The van der Waals surface area contributed by atoms with Crippen LogP contribution in [0.5, 0.6) is 0 Å². The molecule has 2 aliphatic rings. The molecule has 0 spiro atoms. The van der Waals surface area contributed by atoms with Crippen LogP contribution < -0.4 is 0 Å². The van der Waals surface area contributed by atoms with Crippen LogP contribution in [0.1, 0.15) is 12.8 Å². The number of epoxide rings is 1.